The highest BCUT2D eigenvalue weighted by atomic mass is 16.6. The van der Waals surface area contributed by atoms with Crippen molar-refractivity contribution in [2.45, 2.75) is 25.8 Å². The van der Waals surface area contributed by atoms with Gasteiger partial charge in [-0.25, -0.2) is 0 Å². The molecule has 1 amide bonds. The topological polar surface area (TPSA) is 107 Å². The lowest BCUT2D eigenvalue weighted by atomic mass is 9.99. The van der Waals surface area contributed by atoms with Gasteiger partial charge in [0.25, 0.3) is 5.91 Å². The summed E-state index contributed by atoms with van der Waals surface area (Å²) in [5.74, 6) is 0.115. The van der Waals surface area contributed by atoms with E-state index in [4.69, 9.17) is 10.5 Å². The molecule has 1 unspecified atom stereocenters. The Morgan fingerprint density at radius 3 is 2.35 bits per heavy atom. The Balaban J connectivity index is 2.03. The molecule has 0 aliphatic rings. The predicted octanol–water partition coefficient (Wildman–Crippen LogP) is 3.16. The van der Waals surface area contributed by atoms with Gasteiger partial charge in [0.2, 0.25) is 0 Å². The quantitative estimate of drug-likeness (QED) is 0.584. The van der Waals surface area contributed by atoms with Crippen molar-refractivity contribution in [2.24, 2.45) is 5.73 Å². The highest BCUT2D eigenvalue weighted by Gasteiger charge is 2.18. The van der Waals surface area contributed by atoms with Gasteiger partial charge in [-0.05, 0) is 29.2 Å². The van der Waals surface area contributed by atoms with Crippen LogP contribution in [0.3, 0.4) is 0 Å². The molecule has 0 aliphatic heterocycles. The van der Waals surface area contributed by atoms with Crippen molar-refractivity contribution in [3.05, 3.63) is 69.3 Å². The van der Waals surface area contributed by atoms with Gasteiger partial charge in [-0.3, -0.25) is 14.9 Å². The maximum absolute atomic E-state index is 12.3. The molecule has 2 aromatic rings. The van der Waals surface area contributed by atoms with Crippen molar-refractivity contribution in [2.75, 3.05) is 13.7 Å². The zero-order valence-electron chi connectivity index (χ0n) is 15.1. The van der Waals surface area contributed by atoms with Gasteiger partial charge in [-0.2, -0.15) is 0 Å². The third kappa shape index (κ3) is 4.58. The maximum Gasteiger partial charge on any atom is 0.311 e. The minimum Gasteiger partial charge on any atom is -0.490 e. The number of benzene rings is 2. The molecule has 0 radical (unpaired) electrons. The Hall–Kier alpha value is -2.93. The molecule has 0 spiro atoms. The molecule has 2 rings (SSSR count). The van der Waals surface area contributed by atoms with Crippen molar-refractivity contribution in [3.8, 4) is 5.75 Å². The van der Waals surface area contributed by atoms with Crippen molar-refractivity contribution in [1.29, 1.82) is 0 Å². The first kappa shape index (κ1) is 19.4. The standard InChI is InChI=1S/C19H23N3O4/c1-12(2)13-4-6-14(7-5-13)16(20)11-21-19(23)15-8-9-18(26-3)17(10-15)22(24)25/h4-10,12,16H,11,20H2,1-3H3,(H,21,23). The molecule has 138 valence electrons. The van der Waals surface area contributed by atoms with Crippen molar-refractivity contribution < 1.29 is 14.5 Å². The number of nitro benzene ring substituents is 1. The van der Waals surface area contributed by atoms with Crippen LogP contribution in [0.1, 0.15) is 47.3 Å². The first-order valence-electron chi connectivity index (χ1n) is 8.29. The summed E-state index contributed by atoms with van der Waals surface area (Å²) in [6.07, 6.45) is 0. The number of methoxy groups -OCH3 is 1. The number of carbonyl (C=O) groups is 1. The second kappa shape index (κ2) is 8.44. The van der Waals surface area contributed by atoms with Gasteiger partial charge in [0.05, 0.1) is 12.0 Å². The monoisotopic (exact) mass is 357 g/mol. The van der Waals surface area contributed by atoms with E-state index < -0.39 is 10.8 Å². The van der Waals surface area contributed by atoms with Gasteiger partial charge in [0.15, 0.2) is 5.75 Å². The Labute approximate surface area is 152 Å². The van der Waals surface area contributed by atoms with Crippen LogP contribution < -0.4 is 15.8 Å². The average Bonchev–Trinajstić information content (AvgIpc) is 2.65. The number of nitrogens with one attached hydrogen (secondary N) is 1. The van der Waals surface area contributed by atoms with Gasteiger partial charge < -0.3 is 15.8 Å². The highest BCUT2D eigenvalue weighted by Crippen LogP contribution is 2.27. The van der Waals surface area contributed by atoms with E-state index in [-0.39, 0.29) is 29.6 Å². The lowest BCUT2D eigenvalue weighted by Crippen LogP contribution is -2.31. The third-order valence-corrected chi connectivity index (χ3v) is 4.15. The number of ether oxygens (including phenoxy) is 1. The second-order valence-electron chi connectivity index (χ2n) is 6.28. The number of carbonyl (C=O) groups excluding carboxylic acids is 1. The number of amides is 1. The molecule has 1 atom stereocenters. The summed E-state index contributed by atoms with van der Waals surface area (Å²) in [4.78, 5) is 22.7. The van der Waals surface area contributed by atoms with Crippen LogP contribution >= 0.6 is 0 Å². The van der Waals surface area contributed by atoms with Gasteiger partial charge in [0.1, 0.15) is 0 Å². The van der Waals surface area contributed by atoms with Crippen LogP contribution in [-0.4, -0.2) is 24.5 Å². The number of hydrogen-bond acceptors (Lipinski definition) is 5. The van der Waals surface area contributed by atoms with E-state index in [2.05, 4.69) is 19.2 Å². The second-order valence-corrected chi connectivity index (χ2v) is 6.28. The van der Waals surface area contributed by atoms with E-state index in [1.807, 2.05) is 24.3 Å². The Morgan fingerprint density at radius 1 is 1.19 bits per heavy atom. The van der Waals surface area contributed by atoms with Crippen molar-refractivity contribution in [1.82, 2.24) is 5.32 Å². The zero-order chi connectivity index (χ0) is 19.3. The first-order chi connectivity index (χ1) is 12.3. The summed E-state index contributed by atoms with van der Waals surface area (Å²) in [6.45, 7) is 4.45. The molecule has 0 heterocycles. The average molecular weight is 357 g/mol. The number of rotatable bonds is 7. The minimum atomic E-state index is -0.586. The molecule has 0 fully saturated rings. The molecule has 7 heteroatoms. The van der Waals surface area contributed by atoms with E-state index in [0.29, 0.717) is 5.92 Å². The van der Waals surface area contributed by atoms with Crippen LogP contribution in [-0.2, 0) is 0 Å². The molecular weight excluding hydrogens is 334 g/mol. The zero-order valence-corrected chi connectivity index (χ0v) is 15.1. The summed E-state index contributed by atoms with van der Waals surface area (Å²) < 4.78 is 4.93. The van der Waals surface area contributed by atoms with E-state index >= 15 is 0 Å². The summed E-state index contributed by atoms with van der Waals surface area (Å²) >= 11 is 0. The van der Waals surface area contributed by atoms with Crippen LogP contribution in [0.4, 0.5) is 5.69 Å². The van der Waals surface area contributed by atoms with Gasteiger partial charge >= 0.3 is 5.69 Å². The summed E-state index contributed by atoms with van der Waals surface area (Å²) in [6, 6.07) is 11.6. The van der Waals surface area contributed by atoms with Gasteiger partial charge in [-0.1, -0.05) is 38.1 Å². The molecular formula is C19H23N3O4. The molecule has 2 aromatic carbocycles. The van der Waals surface area contributed by atoms with Gasteiger partial charge in [0, 0.05) is 24.2 Å². The molecule has 7 nitrogen and oxygen atoms in total. The largest absolute Gasteiger partial charge is 0.490 e. The van der Waals surface area contributed by atoms with E-state index in [0.717, 1.165) is 5.56 Å². The highest BCUT2D eigenvalue weighted by molar-refractivity contribution is 5.95. The SMILES string of the molecule is COc1ccc(C(=O)NCC(N)c2ccc(C(C)C)cc2)cc1[N+](=O)[O-]. The fraction of sp³-hybridized carbons (Fsp3) is 0.316. The normalized spacial score (nSPS) is 11.9. The van der Waals surface area contributed by atoms with Crippen LogP contribution in [0.2, 0.25) is 0 Å². The molecule has 0 saturated carbocycles. The number of hydrogen-bond donors (Lipinski definition) is 2. The molecule has 0 saturated heterocycles. The lowest BCUT2D eigenvalue weighted by Gasteiger charge is -2.15. The van der Waals surface area contributed by atoms with Crippen LogP contribution in [0.25, 0.3) is 0 Å². The Bertz CT molecular complexity index is 788. The third-order valence-electron chi connectivity index (χ3n) is 4.15. The smallest absolute Gasteiger partial charge is 0.311 e. The van der Waals surface area contributed by atoms with E-state index in [1.165, 1.54) is 30.9 Å². The fourth-order valence-electron chi connectivity index (χ4n) is 2.52. The number of nitrogens with zero attached hydrogens (tertiary/aromatic N) is 1. The summed E-state index contributed by atoms with van der Waals surface area (Å²) in [5.41, 5.74) is 8.18. The van der Waals surface area contributed by atoms with Crippen LogP contribution in [0.5, 0.6) is 5.75 Å². The van der Waals surface area contributed by atoms with E-state index in [9.17, 15) is 14.9 Å². The summed E-state index contributed by atoms with van der Waals surface area (Å²) in [7, 11) is 1.34. The Kier molecular flexibility index (Phi) is 6.30. The van der Waals surface area contributed by atoms with E-state index in [1.54, 1.807) is 0 Å². The van der Waals surface area contributed by atoms with Crippen molar-refractivity contribution >= 4 is 11.6 Å². The predicted molar refractivity (Wildman–Crippen MR) is 99.4 cm³/mol. The fourth-order valence-corrected chi connectivity index (χ4v) is 2.52. The maximum atomic E-state index is 12.3. The molecule has 0 aliphatic carbocycles. The first-order valence-corrected chi connectivity index (χ1v) is 8.29. The Morgan fingerprint density at radius 2 is 1.81 bits per heavy atom. The molecule has 0 bridgehead atoms. The van der Waals surface area contributed by atoms with Crippen LogP contribution in [0.15, 0.2) is 42.5 Å². The lowest BCUT2D eigenvalue weighted by molar-refractivity contribution is -0.385. The van der Waals surface area contributed by atoms with Crippen LogP contribution in [0, 0.1) is 10.1 Å². The minimum absolute atomic E-state index is 0.105. The van der Waals surface area contributed by atoms with Crippen molar-refractivity contribution in [3.63, 3.8) is 0 Å². The molecule has 3 N–H and O–H groups in total. The molecule has 0 aromatic heterocycles. The summed E-state index contributed by atoms with van der Waals surface area (Å²) in [5, 5.41) is 13.8. The molecule has 26 heavy (non-hydrogen) atoms. The number of nitro groups is 1. The number of nitrogens with two attached hydrogens (primary N) is 1. The van der Waals surface area contributed by atoms with Gasteiger partial charge in [-0.15, -0.1) is 0 Å².